The van der Waals surface area contributed by atoms with E-state index in [1.54, 1.807) is 0 Å². The van der Waals surface area contributed by atoms with Crippen molar-refractivity contribution in [1.82, 2.24) is 20.0 Å². The topological polar surface area (TPSA) is 54.7 Å². The third kappa shape index (κ3) is 6.55. The maximum atomic E-state index is 5.93. The molecule has 2 atom stereocenters. The molecule has 2 unspecified atom stereocenters. The Morgan fingerprint density at radius 3 is 2.79 bits per heavy atom. The van der Waals surface area contributed by atoms with Gasteiger partial charge in [0.05, 0.1) is 12.7 Å². The molecule has 1 saturated heterocycles. The van der Waals surface area contributed by atoms with Crippen LogP contribution in [-0.4, -0.2) is 53.4 Å². The fourth-order valence-electron chi connectivity index (χ4n) is 3.46. The molecule has 8 heteroatoms. The summed E-state index contributed by atoms with van der Waals surface area (Å²) in [5, 5.41) is 8.41. The molecular formula is C20H29ClIN5O. The normalized spacial score (nSPS) is 17.9. The Kier molecular flexibility index (Phi) is 8.88. The van der Waals surface area contributed by atoms with Crippen LogP contribution in [0.5, 0.6) is 5.75 Å². The Morgan fingerprint density at radius 2 is 2.14 bits per heavy atom. The van der Waals surface area contributed by atoms with Gasteiger partial charge < -0.3 is 15.0 Å². The summed E-state index contributed by atoms with van der Waals surface area (Å²) in [6, 6.07) is 7.44. The van der Waals surface area contributed by atoms with E-state index in [0.29, 0.717) is 17.5 Å². The predicted octanol–water partition coefficient (Wildman–Crippen LogP) is 3.60. The first kappa shape index (κ1) is 22.8. The van der Waals surface area contributed by atoms with Crippen LogP contribution in [0.3, 0.4) is 0 Å². The van der Waals surface area contributed by atoms with Gasteiger partial charge >= 0.3 is 0 Å². The van der Waals surface area contributed by atoms with Crippen LogP contribution in [0.25, 0.3) is 0 Å². The summed E-state index contributed by atoms with van der Waals surface area (Å²) in [6.07, 6.45) is 6.33. The number of rotatable bonds is 6. The van der Waals surface area contributed by atoms with E-state index in [1.165, 1.54) is 12.0 Å². The standard InChI is InChI=1S/C20H28ClN5O.HI/c1-15(27-19-6-4-18(21)5-7-19)11-23-20(22-2)26-9-8-16(14-26)10-17-12-24-25(3)13-17;/h4-7,12-13,15-16H,8-11,14H2,1-3H3,(H,22,23);1H. The molecule has 1 N–H and O–H groups in total. The zero-order valence-electron chi connectivity index (χ0n) is 16.6. The third-order valence-electron chi connectivity index (χ3n) is 4.78. The van der Waals surface area contributed by atoms with Crippen LogP contribution in [0.15, 0.2) is 41.7 Å². The number of aliphatic imine (C=N–C) groups is 1. The highest BCUT2D eigenvalue weighted by molar-refractivity contribution is 14.0. The lowest BCUT2D eigenvalue weighted by molar-refractivity contribution is 0.222. The number of aryl methyl sites for hydroxylation is 1. The molecule has 2 aromatic rings. The first-order chi connectivity index (χ1) is 13.0. The van der Waals surface area contributed by atoms with Gasteiger partial charge in [-0.15, -0.1) is 24.0 Å². The SMILES string of the molecule is CN=C(NCC(C)Oc1ccc(Cl)cc1)N1CCC(Cc2cnn(C)c2)C1.I. The van der Waals surface area contributed by atoms with Crippen LogP contribution in [-0.2, 0) is 13.5 Å². The minimum Gasteiger partial charge on any atom is -0.489 e. The van der Waals surface area contributed by atoms with Crippen molar-refractivity contribution in [3.63, 3.8) is 0 Å². The molecule has 0 radical (unpaired) electrons. The van der Waals surface area contributed by atoms with Gasteiger partial charge in [0.2, 0.25) is 0 Å². The molecular weight excluding hydrogens is 489 g/mol. The van der Waals surface area contributed by atoms with Gasteiger partial charge in [-0.05, 0) is 55.5 Å². The second-order valence-corrected chi connectivity index (χ2v) is 7.57. The molecule has 28 heavy (non-hydrogen) atoms. The maximum absolute atomic E-state index is 5.93. The molecule has 1 aromatic carbocycles. The quantitative estimate of drug-likeness (QED) is 0.361. The van der Waals surface area contributed by atoms with E-state index in [1.807, 2.05) is 56.2 Å². The minimum absolute atomic E-state index is 0. The predicted molar refractivity (Wildman–Crippen MR) is 125 cm³/mol. The maximum Gasteiger partial charge on any atom is 0.193 e. The molecule has 1 aliphatic rings. The van der Waals surface area contributed by atoms with Crippen LogP contribution in [0.4, 0.5) is 0 Å². The van der Waals surface area contributed by atoms with Gasteiger partial charge in [-0.3, -0.25) is 9.67 Å². The minimum atomic E-state index is 0. The Bertz CT molecular complexity index is 764. The van der Waals surface area contributed by atoms with Crippen LogP contribution in [0.2, 0.25) is 5.02 Å². The summed E-state index contributed by atoms with van der Waals surface area (Å²) in [5.74, 6) is 2.40. The first-order valence-corrected chi connectivity index (χ1v) is 9.76. The second-order valence-electron chi connectivity index (χ2n) is 7.14. The van der Waals surface area contributed by atoms with Crippen molar-refractivity contribution in [2.45, 2.75) is 25.9 Å². The van der Waals surface area contributed by atoms with Gasteiger partial charge in [0, 0.05) is 38.4 Å². The van der Waals surface area contributed by atoms with Gasteiger partial charge in [-0.2, -0.15) is 5.10 Å². The molecule has 2 heterocycles. The van der Waals surface area contributed by atoms with E-state index in [0.717, 1.165) is 31.2 Å². The Morgan fingerprint density at radius 1 is 1.39 bits per heavy atom. The van der Waals surface area contributed by atoms with E-state index in [2.05, 4.69) is 26.5 Å². The van der Waals surface area contributed by atoms with Crippen molar-refractivity contribution in [3.05, 3.63) is 47.2 Å². The van der Waals surface area contributed by atoms with Crippen LogP contribution < -0.4 is 10.1 Å². The lowest BCUT2D eigenvalue weighted by atomic mass is 10.0. The fraction of sp³-hybridized carbons (Fsp3) is 0.500. The highest BCUT2D eigenvalue weighted by atomic mass is 127. The van der Waals surface area contributed by atoms with Crippen LogP contribution in [0.1, 0.15) is 18.9 Å². The molecule has 1 aliphatic heterocycles. The monoisotopic (exact) mass is 517 g/mol. The van der Waals surface area contributed by atoms with E-state index < -0.39 is 0 Å². The lowest BCUT2D eigenvalue weighted by Gasteiger charge is -2.23. The van der Waals surface area contributed by atoms with Crippen molar-refractivity contribution in [2.75, 3.05) is 26.7 Å². The number of benzene rings is 1. The average Bonchev–Trinajstić information content (AvgIpc) is 3.27. The van der Waals surface area contributed by atoms with Gasteiger partial charge in [-0.1, -0.05) is 11.6 Å². The summed E-state index contributed by atoms with van der Waals surface area (Å²) in [7, 11) is 3.80. The summed E-state index contributed by atoms with van der Waals surface area (Å²) in [6.45, 7) is 4.78. The molecule has 154 valence electrons. The molecule has 0 bridgehead atoms. The lowest BCUT2D eigenvalue weighted by Crippen LogP contribution is -2.43. The number of aromatic nitrogens is 2. The Labute approximate surface area is 189 Å². The Balaban J connectivity index is 0.00000280. The smallest absolute Gasteiger partial charge is 0.193 e. The van der Waals surface area contributed by atoms with E-state index in [9.17, 15) is 0 Å². The fourth-order valence-corrected chi connectivity index (χ4v) is 3.58. The van der Waals surface area contributed by atoms with Crippen LogP contribution in [0, 0.1) is 5.92 Å². The molecule has 0 saturated carbocycles. The molecule has 0 amide bonds. The number of likely N-dealkylation sites (tertiary alicyclic amines) is 1. The molecule has 3 rings (SSSR count). The molecule has 6 nitrogen and oxygen atoms in total. The van der Waals surface area contributed by atoms with E-state index in [-0.39, 0.29) is 30.1 Å². The number of ether oxygens (including phenoxy) is 1. The number of hydrogen-bond acceptors (Lipinski definition) is 3. The largest absolute Gasteiger partial charge is 0.489 e. The third-order valence-corrected chi connectivity index (χ3v) is 5.03. The number of guanidine groups is 1. The van der Waals surface area contributed by atoms with Gasteiger partial charge in [0.25, 0.3) is 0 Å². The first-order valence-electron chi connectivity index (χ1n) is 9.39. The number of nitrogens with zero attached hydrogens (tertiary/aromatic N) is 4. The molecule has 1 fully saturated rings. The zero-order valence-corrected chi connectivity index (χ0v) is 19.7. The van der Waals surface area contributed by atoms with Gasteiger partial charge in [0.15, 0.2) is 5.96 Å². The van der Waals surface area contributed by atoms with Crippen molar-refractivity contribution < 1.29 is 4.74 Å². The number of hydrogen-bond donors (Lipinski definition) is 1. The van der Waals surface area contributed by atoms with Crippen molar-refractivity contribution in [2.24, 2.45) is 18.0 Å². The summed E-state index contributed by atoms with van der Waals surface area (Å²) < 4.78 is 7.79. The van der Waals surface area contributed by atoms with Gasteiger partial charge in [-0.25, -0.2) is 0 Å². The summed E-state index contributed by atoms with van der Waals surface area (Å²) in [5.41, 5.74) is 1.30. The number of halogens is 2. The van der Waals surface area contributed by atoms with Crippen LogP contribution >= 0.6 is 35.6 Å². The van der Waals surface area contributed by atoms with Crippen molar-refractivity contribution in [3.8, 4) is 5.75 Å². The van der Waals surface area contributed by atoms with Gasteiger partial charge in [0.1, 0.15) is 11.9 Å². The zero-order chi connectivity index (χ0) is 19.2. The number of nitrogens with one attached hydrogen (secondary N) is 1. The van der Waals surface area contributed by atoms with Crippen molar-refractivity contribution >= 4 is 41.5 Å². The average molecular weight is 518 g/mol. The highest BCUT2D eigenvalue weighted by Gasteiger charge is 2.25. The molecule has 0 aliphatic carbocycles. The van der Waals surface area contributed by atoms with E-state index >= 15 is 0 Å². The van der Waals surface area contributed by atoms with E-state index in [4.69, 9.17) is 16.3 Å². The summed E-state index contributed by atoms with van der Waals surface area (Å²) >= 11 is 5.91. The molecule has 1 aromatic heterocycles. The van der Waals surface area contributed by atoms with Crippen molar-refractivity contribution in [1.29, 1.82) is 0 Å². The molecule has 0 spiro atoms. The summed E-state index contributed by atoms with van der Waals surface area (Å²) in [4.78, 5) is 6.78. The Hall–Kier alpha value is -1.48. The second kappa shape index (κ2) is 10.9. The highest BCUT2D eigenvalue weighted by Crippen LogP contribution is 2.21.